The number of rotatable bonds is 8. The van der Waals surface area contributed by atoms with Gasteiger partial charge in [0.2, 0.25) is 5.91 Å². The molecular formula is C23H26N2O2S. The molecular weight excluding hydrogens is 368 g/mol. The van der Waals surface area contributed by atoms with Gasteiger partial charge in [0.25, 0.3) is 0 Å². The van der Waals surface area contributed by atoms with Gasteiger partial charge in [0.15, 0.2) is 0 Å². The van der Waals surface area contributed by atoms with Crippen molar-refractivity contribution < 1.29 is 9.00 Å². The van der Waals surface area contributed by atoms with Gasteiger partial charge in [-0.2, -0.15) is 0 Å². The third-order valence-corrected chi connectivity index (χ3v) is 5.58. The van der Waals surface area contributed by atoms with Crippen molar-refractivity contribution in [1.29, 1.82) is 0 Å². The number of carbonyl (C=O) groups excluding carboxylic acids is 1. The Morgan fingerprint density at radius 3 is 2.39 bits per heavy atom. The van der Waals surface area contributed by atoms with Crippen molar-refractivity contribution in [3.63, 3.8) is 0 Å². The van der Waals surface area contributed by atoms with Crippen LogP contribution in [0, 0.1) is 0 Å². The van der Waals surface area contributed by atoms with E-state index < -0.39 is 10.8 Å². The van der Waals surface area contributed by atoms with E-state index in [1.807, 2.05) is 61.5 Å². The maximum atomic E-state index is 12.5. The number of hydrogen-bond acceptors (Lipinski definition) is 3. The molecule has 0 aliphatic carbocycles. The van der Waals surface area contributed by atoms with Crippen molar-refractivity contribution in [2.45, 2.75) is 19.0 Å². The summed E-state index contributed by atoms with van der Waals surface area (Å²) in [5.74, 6) is 0.388. The summed E-state index contributed by atoms with van der Waals surface area (Å²) in [5, 5.41) is 8.64. The molecule has 5 heteroatoms. The number of fused-ring (bicyclic) bond motifs is 1. The number of carbonyl (C=O) groups is 1. The van der Waals surface area contributed by atoms with E-state index >= 15 is 0 Å². The van der Waals surface area contributed by atoms with Crippen LogP contribution in [-0.4, -0.2) is 28.7 Å². The molecule has 0 fully saturated rings. The Balaban J connectivity index is 1.64. The lowest BCUT2D eigenvalue weighted by molar-refractivity contribution is -0.121. The molecule has 0 saturated heterocycles. The highest BCUT2D eigenvalue weighted by molar-refractivity contribution is 7.84. The summed E-state index contributed by atoms with van der Waals surface area (Å²) in [6.07, 6.45) is 1.68. The number of nitrogens with one attached hydrogen (secondary N) is 2. The van der Waals surface area contributed by atoms with Gasteiger partial charge in [-0.05, 0) is 28.8 Å². The van der Waals surface area contributed by atoms with Gasteiger partial charge in [0, 0.05) is 28.9 Å². The van der Waals surface area contributed by atoms with Crippen molar-refractivity contribution >= 4 is 27.5 Å². The molecule has 0 aliphatic heterocycles. The van der Waals surface area contributed by atoms with E-state index in [1.165, 1.54) is 0 Å². The largest absolute Gasteiger partial charge is 0.348 e. The zero-order valence-electron chi connectivity index (χ0n) is 16.2. The van der Waals surface area contributed by atoms with Crippen molar-refractivity contribution in [2.24, 2.45) is 0 Å². The minimum atomic E-state index is -0.961. The van der Waals surface area contributed by atoms with Gasteiger partial charge in [-0.3, -0.25) is 9.00 Å². The molecule has 0 saturated carbocycles. The standard InChI is InChI=1S/C23H26N2O2S/c1-17(20-14-8-12-18-9-6-7-13-21(18)20)25-23(26)15-24-22(16-28(2)27)19-10-4-3-5-11-19/h3-14,17,22,24H,15-16H2,1-2H3,(H,25,26). The summed E-state index contributed by atoms with van der Waals surface area (Å²) < 4.78 is 11.7. The van der Waals surface area contributed by atoms with E-state index in [4.69, 9.17) is 0 Å². The smallest absolute Gasteiger partial charge is 0.234 e. The molecule has 0 radical (unpaired) electrons. The fourth-order valence-electron chi connectivity index (χ4n) is 3.41. The minimum absolute atomic E-state index is 0.0803. The first kappa shape index (κ1) is 20.2. The topological polar surface area (TPSA) is 58.2 Å². The minimum Gasteiger partial charge on any atom is -0.348 e. The zero-order valence-corrected chi connectivity index (χ0v) is 17.0. The number of amides is 1. The molecule has 1 amide bonds. The average molecular weight is 395 g/mol. The molecule has 3 rings (SSSR count). The van der Waals surface area contributed by atoms with Crippen molar-refractivity contribution in [3.05, 3.63) is 83.9 Å². The highest BCUT2D eigenvalue weighted by Gasteiger charge is 2.16. The van der Waals surface area contributed by atoms with Gasteiger partial charge in [0.05, 0.1) is 12.6 Å². The van der Waals surface area contributed by atoms with Crippen LogP contribution >= 0.6 is 0 Å². The van der Waals surface area contributed by atoms with E-state index in [9.17, 15) is 9.00 Å². The van der Waals surface area contributed by atoms with Gasteiger partial charge in [-0.1, -0.05) is 72.8 Å². The van der Waals surface area contributed by atoms with E-state index in [0.717, 1.165) is 21.9 Å². The molecule has 3 aromatic carbocycles. The van der Waals surface area contributed by atoms with E-state index in [1.54, 1.807) is 6.26 Å². The summed E-state index contributed by atoms with van der Waals surface area (Å²) in [7, 11) is -0.961. The van der Waals surface area contributed by atoms with Crippen LogP contribution in [0.2, 0.25) is 0 Å². The summed E-state index contributed by atoms with van der Waals surface area (Å²) >= 11 is 0. The Hall–Kier alpha value is -2.50. The van der Waals surface area contributed by atoms with E-state index in [0.29, 0.717) is 5.75 Å². The van der Waals surface area contributed by atoms with Crippen LogP contribution in [0.3, 0.4) is 0 Å². The zero-order chi connectivity index (χ0) is 19.9. The Morgan fingerprint density at radius 1 is 0.964 bits per heavy atom. The quantitative estimate of drug-likeness (QED) is 0.612. The second-order valence-corrected chi connectivity index (χ2v) is 8.42. The van der Waals surface area contributed by atoms with Gasteiger partial charge < -0.3 is 10.6 Å². The van der Waals surface area contributed by atoms with Gasteiger partial charge in [-0.25, -0.2) is 0 Å². The van der Waals surface area contributed by atoms with Crippen LogP contribution < -0.4 is 10.6 Å². The Morgan fingerprint density at radius 2 is 1.64 bits per heavy atom. The van der Waals surface area contributed by atoms with E-state index in [2.05, 4.69) is 28.8 Å². The average Bonchev–Trinajstić information content (AvgIpc) is 2.71. The molecule has 0 spiro atoms. The molecule has 3 aromatic rings. The third kappa shape index (κ3) is 5.27. The fraction of sp³-hybridized carbons (Fsp3) is 0.261. The lowest BCUT2D eigenvalue weighted by Gasteiger charge is -2.20. The Bertz CT molecular complexity index is 954. The molecule has 0 aliphatic rings. The highest BCUT2D eigenvalue weighted by Crippen LogP contribution is 2.24. The molecule has 0 aromatic heterocycles. The van der Waals surface area contributed by atoms with Crippen LogP contribution in [-0.2, 0) is 15.6 Å². The highest BCUT2D eigenvalue weighted by atomic mass is 32.2. The van der Waals surface area contributed by atoms with Gasteiger partial charge in [-0.15, -0.1) is 0 Å². The molecule has 0 heterocycles. The fourth-order valence-corrected chi connectivity index (χ4v) is 4.19. The third-order valence-electron chi connectivity index (χ3n) is 4.78. The second kappa shape index (κ2) is 9.62. The molecule has 3 unspecified atom stereocenters. The first-order chi connectivity index (χ1) is 13.5. The van der Waals surface area contributed by atoms with Crippen LogP contribution in [0.4, 0.5) is 0 Å². The number of benzene rings is 3. The second-order valence-electron chi connectivity index (χ2n) is 6.94. The van der Waals surface area contributed by atoms with Gasteiger partial charge in [0.1, 0.15) is 0 Å². The lowest BCUT2D eigenvalue weighted by atomic mass is 10.00. The first-order valence-electron chi connectivity index (χ1n) is 9.40. The SMILES string of the molecule is CC(NC(=O)CNC(CS(C)=O)c1ccccc1)c1cccc2ccccc12. The summed E-state index contributed by atoms with van der Waals surface area (Å²) in [6, 6.07) is 23.9. The monoisotopic (exact) mass is 394 g/mol. The van der Waals surface area contributed by atoms with Crippen LogP contribution in [0.5, 0.6) is 0 Å². The molecule has 4 nitrogen and oxygen atoms in total. The Kier molecular flexibility index (Phi) is 6.95. The van der Waals surface area contributed by atoms with Crippen molar-refractivity contribution in [3.8, 4) is 0 Å². The van der Waals surface area contributed by atoms with Crippen molar-refractivity contribution in [2.75, 3.05) is 18.6 Å². The normalized spacial score (nSPS) is 14.4. The predicted octanol–water partition coefficient (Wildman–Crippen LogP) is 3.73. The molecule has 146 valence electrons. The lowest BCUT2D eigenvalue weighted by Crippen LogP contribution is -2.38. The maximum Gasteiger partial charge on any atom is 0.234 e. The Labute approximate surface area is 168 Å². The van der Waals surface area contributed by atoms with Crippen LogP contribution in [0.25, 0.3) is 10.8 Å². The van der Waals surface area contributed by atoms with Crippen LogP contribution in [0.1, 0.15) is 30.1 Å². The summed E-state index contributed by atoms with van der Waals surface area (Å²) in [4.78, 5) is 12.5. The molecule has 2 N–H and O–H groups in total. The maximum absolute atomic E-state index is 12.5. The van der Waals surface area contributed by atoms with Crippen LogP contribution in [0.15, 0.2) is 72.8 Å². The summed E-state index contributed by atoms with van der Waals surface area (Å²) in [5.41, 5.74) is 2.13. The van der Waals surface area contributed by atoms with Crippen molar-refractivity contribution in [1.82, 2.24) is 10.6 Å². The predicted molar refractivity (Wildman–Crippen MR) is 117 cm³/mol. The molecule has 0 bridgehead atoms. The summed E-state index contributed by atoms with van der Waals surface area (Å²) in [6.45, 7) is 2.17. The first-order valence-corrected chi connectivity index (χ1v) is 11.1. The molecule has 3 atom stereocenters. The van der Waals surface area contributed by atoms with Gasteiger partial charge >= 0.3 is 0 Å². The van der Waals surface area contributed by atoms with E-state index in [-0.39, 0.29) is 24.5 Å². The number of hydrogen-bond donors (Lipinski definition) is 2. The molecule has 28 heavy (non-hydrogen) atoms.